The number of aryl methyl sites for hydroxylation is 3. The lowest BCUT2D eigenvalue weighted by Crippen LogP contribution is -1.98. The summed E-state index contributed by atoms with van der Waals surface area (Å²) in [6, 6.07) is 1.71. The van der Waals surface area contributed by atoms with Gasteiger partial charge in [-0.05, 0) is 26.8 Å². The first-order valence-corrected chi connectivity index (χ1v) is 4.61. The maximum atomic E-state index is 10.5. The molecule has 0 saturated heterocycles. The molecule has 78 valence electrons. The summed E-state index contributed by atoms with van der Waals surface area (Å²) < 4.78 is 0. The second-order valence-corrected chi connectivity index (χ2v) is 2.77. The van der Waals surface area contributed by atoms with Crippen molar-refractivity contribution in [2.45, 2.75) is 34.6 Å². The Kier molecular flexibility index (Phi) is 4.77. The maximum Gasteiger partial charge on any atom is 0.293 e. The van der Waals surface area contributed by atoms with E-state index < -0.39 is 4.92 Å². The number of nitro groups is 1. The van der Waals surface area contributed by atoms with Crippen LogP contribution in [0.3, 0.4) is 0 Å². The van der Waals surface area contributed by atoms with E-state index in [1.54, 1.807) is 19.9 Å². The molecule has 0 saturated carbocycles. The van der Waals surface area contributed by atoms with Crippen LogP contribution in [0.1, 0.15) is 30.8 Å². The highest BCUT2D eigenvalue weighted by atomic mass is 16.6. The van der Waals surface area contributed by atoms with E-state index >= 15 is 0 Å². The molecule has 0 aromatic carbocycles. The molecule has 0 aliphatic heterocycles. The first-order valence-electron chi connectivity index (χ1n) is 4.61. The monoisotopic (exact) mass is 196 g/mol. The first-order chi connectivity index (χ1) is 6.52. The Labute approximate surface area is 84.1 Å². The van der Waals surface area contributed by atoms with Crippen LogP contribution in [0, 0.1) is 30.9 Å². The van der Waals surface area contributed by atoms with Crippen LogP contribution >= 0.6 is 0 Å². The van der Waals surface area contributed by atoms with E-state index in [1.807, 2.05) is 20.8 Å². The molecule has 0 unspecified atom stereocenters. The molecule has 4 heteroatoms. The van der Waals surface area contributed by atoms with Gasteiger partial charge in [0.2, 0.25) is 0 Å². The lowest BCUT2D eigenvalue weighted by molar-refractivity contribution is -0.386. The van der Waals surface area contributed by atoms with E-state index in [1.165, 1.54) is 0 Å². The molecule has 0 N–H and O–H groups in total. The second kappa shape index (κ2) is 5.32. The Morgan fingerprint density at radius 3 is 2.14 bits per heavy atom. The smallest absolute Gasteiger partial charge is 0.258 e. The third kappa shape index (κ3) is 2.80. The molecule has 1 aromatic heterocycles. The van der Waals surface area contributed by atoms with Crippen molar-refractivity contribution in [3.63, 3.8) is 0 Å². The van der Waals surface area contributed by atoms with Crippen molar-refractivity contribution in [2.24, 2.45) is 0 Å². The molecule has 0 spiro atoms. The van der Waals surface area contributed by atoms with Gasteiger partial charge < -0.3 is 0 Å². The number of pyridine rings is 1. The molecule has 0 bridgehead atoms. The lowest BCUT2D eigenvalue weighted by Gasteiger charge is -2.00. The molecule has 4 nitrogen and oxygen atoms in total. The zero-order valence-electron chi connectivity index (χ0n) is 9.29. The number of hydrogen-bond donors (Lipinski definition) is 0. The van der Waals surface area contributed by atoms with Gasteiger partial charge in [0, 0.05) is 11.3 Å². The van der Waals surface area contributed by atoms with Gasteiger partial charge in [-0.25, -0.2) is 0 Å². The predicted octanol–water partition coefficient (Wildman–Crippen LogP) is 2.94. The highest BCUT2D eigenvalue weighted by molar-refractivity contribution is 5.43. The Balaban J connectivity index is 0.000000791. The molecule has 0 aliphatic rings. The van der Waals surface area contributed by atoms with Crippen molar-refractivity contribution < 1.29 is 4.92 Å². The van der Waals surface area contributed by atoms with Crippen molar-refractivity contribution >= 4 is 5.69 Å². The van der Waals surface area contributed by atoms with Crippen LogP contribution in [-0.2, 0) is 0 Å². The summed E-state index contributed by atoms with van der Waals surface area (Å²) in [5.74, 6) is 0. The van der Waals surface area contributed by atoms with Gasteiger partial charge in [-0.15, -0.1) is 0 Å². The standard InChI is InChI=1S/C8H10N2O2.C2H6/c1-5-4-6(2)9-7(3)8(5)10(11)12;1-2/h4H,1-3H3;1-2H3. The number of nitrogens with zero attached hydrogens (tertiary/aromatic N) is 2. The summed E-state index contributed by atoms with van der Waals surface area (Å²) in [7, 11) is 0. The molecule has 0 fully saturated rings. The number of rotatable bonds is 1. The Morgan fingerprint density at radius 2 is 1.79 bits per heavy atom. The quantitative estimate of drug-likeness (QED) is 0.512. The van der Waals surface area contributed by atoms with Gasteiger partial charge in [0.25, 0.3) is 5.69 Å². The van der Waals surface area contributed by atoms with Crippen molar-refractivity contribution in [1.82, 2.24) is 4.98 Å². The summed E-state index contributed by atoms with van der Waals surface area (Å²) in [4.78, 5) is 14.1. The normalized spacial score (nSPS) is 8.93. The van der Waals surface area contributed by atoms with Gasteiger partial charge in [0.05, 0.1) is 4.92 Å². The van der Waals surface area contributed by atoms with Crippen molar-refractivity contribution in [1.29, 1.82) is 0 Å². The van der Waals surface area contributed by atoms with Crippen LogP contribution < -0.4 is 0 Å². The van der Waals surface area contributed by atoms with Crippen molar-refractivity contribution in [3.05, 3.63) is 33.1 Å². The average molecular weight is 196 g/mol. The minimum Gasteiger partial charge on any atom is -0.258 e. The zero-order valence-corrected chi connectivity index (χ0v) is 9.29. The molecule has 1 heterocycles. The molecule has 1 rings (SSSR count). The summed E-state index contributed by atoms with van der Waals surface area (Å²) in [6.07, 6.45) is 0. The Bertz CT molecular complexity index is 312. The summed E-state index contributed by atoms with van der Waals surface area (Å²) >= 11 is 0. The van der Waals surface area contributed by atoms with E-state index in [9.17, 15) is 10.1 Å². The van der Waals surface area contributed by atoms with Gasteiger partial charge in [0.1, 0.15) is 5.69 Å². The fourth-order valence-corrected chi connectivity index (χ4v) is 1.29. The third-order valence-electron chi connectivity index (χ3n) is 1.67. The average Bonchev–Trinajstić information content (AvgIpc) is 2.04. The van der Waals surface area contributed by atoms with E-state index in [4.69, 9.17) is 0 Å². The SMILES string of the molecule is CC.Cc1cc(C)c([N+](=O)[O-])c(C)n1. The fraction of sp³-hybridized carbons (Fsp3) is 0.500. The van der Waals surface area contributed by atoms with Crippen LogP contribution in [0.25, 0.3) is 0 Å². The summed E-state index contributed by atoms with van der Waals surface area (Å²) in [6.45, 7) is 9.20. The fourth-order valence-electron chi connectivity index (χ4n) is 1.29. The highest BCUT2D eigenvalue weighted by Gasteiger charge is 2.15. The summed E-state index contributed by atoms with van der Waals surface area (Å²) in [5, 5.41) is 10.5. The third-order valence-corrected chi connectivity index (χ3v) is 1.67. The minimum absolute atomic E-state index is 0.126. The van der Waals surface area contributed by atoms with Crippen molar-refractivity contribution in [2.75, 3.05) is 0 Å². The minimum atomic E-state index is -0.392. The number of hydrogen-bond acceptors (Lipinski definition) is 3. The first kappa shape index (κ1) is 12.6. The Hall–Kier alpha value is -1.45. The van der Waals surface area contributed by atoms with E-state index in [-0.39, 0.29) is 5.69 Å². The molecule has 0 aliphatic carbocycles. The van der Waals surface area contributed by atoms with Gasteiger partial charge in [-0.2, -0.15) is 0 Å². The van der Waals surface area contributed by atoms with Crippen LogP contribution in [0.4, 0.5) is 5.69 Å². The van der Waals surface area contributed by atoms with Crippen LogP contribution in [0.2, 0.25) is 0 Å². The molecule has 0 amide bonds. The Morgan fingerprint density at radius 1 is 1.29 bits per heavy atom. The van der Waals surface area contributed by atoms with E-state index in [0.29, 0.717) is 11.3 Å². The maximum absolute atomic E-state index is 10.5. The molecule has 0 atom stereocenters. The largest absolute Gasteiger partial charge is 0.293 e. The van der Waals surface area contributed by atoms with Crippen LogP contribution in [0.15, 0.2) is 6.07 Å². The van der Waals surface area contributed by atoms with Gasteiger partial charge in [0.15, 0.2) is 0 Å². The topological polar surface area (TPSA) is 56.0 Å². The molecular weight excluding hydrogens is 180 g/mol. The molecule has 14 heavy (non-hydrogen) atoms. The summed E-state index contributed by atoms with van der Waals surface area (Å²) in [5.41, 5.74) is 2.10. The van der Waals surface area contributed by atoms with Crippen molar-refractivity contribution in [3.8, 4) is 0 Å². The van der Waals surface area contributed by atoms with E-state index in [0.717, 1.165) is 5.69 Å². The van der Waals surface area contributed by atoms with Gasteiger partial charge in [-0.1, -0.05) is 13.8 Å². The van der Waals surface area contributed by atoms with Crippen LogP contribution in [-0.4, -0.2) is 9.91 Å². The highest BCUT2D eigenvalue weighted by Crippen LogP contribution is 2.20. The molecular formula is C10H16N2O2. The van der Waals surface area contributed by atoms with Gasteiger partial charge >= 0.3 is 0 Å². The van der Waals surface area contributed by atoms with Gasteiger partial charge in [-0.3, -0.25) is 15.1 Å². The zero-order chi connectivity index (χ0) is 11.3. The second-order valence-electron chi connectivity index (χ2n) is 2.77. The lowest BCUT2D eigenvalue weighted by atomic mass is 10.2. The van der Waals surface area contributed by atoms with E-state index in [2.05, 4.69) is 4.98 Å². The molecule has 0 radical (unpaired) electrons. The van der Waals surface area contributed by atoms with Crippen LogP contribution in [0.5, 0.6) is 0 Å². The predicted molar refractivity (Wildman–Crippen MR) is 56.5 cm³/mol. The molecule has 1 aromatic rings. The number of aromatic nitrogens is 1.